The van der Waals surface area contributed by atoms with Gasteiger partial charge in [-0.25, -0.2) is 13.2 Å². The van der Waals surface area contributed by atoms with Gasteiger partial charge in [0.2, 0.25) is 10.0 Å². The largest absolute Gasteiger partial charge is 0.478 e. The maximum Gasteiger partial charge on any atom is 0.335 e. The minimum atomic E-state index is -3.72. The molecule has 138 valence electrons. The van der Waals surface area contributed by atoms with Crippen LogP contribution in [0.1, 0.15) is 39.9 Å². The number of hydrogen-bond acceptors (Lipinski definition) is 3. The summed E-state index contributed by atoms with van der Waals surface area (Å²) in [5.41, 5.74) is 3.47. The molecule has 6 heteroatoms. The van der Waals surface area contributed by atoms with Crippen molar-refractivity contribution in [3.63, 3.8) is 0 Å². The first-order valence-electron chi connectivity index (χ1n) is 8.70. The fourth-order valence-electron chi connectivity index (χ4n) is 3.53. The van der Waals surface area contributed by atoms with Crippen molar-refractivity contribution in [2.75, 3.05) is 6.54 Å². The zero-order valence-electron chi connectivity index (χ0n) is 15.0. The number of rotatable bonds is 5. The quantitative estimate of drug-likeness (QED) is 0.872. The number of aryl methyl sites for hydroxylation is 2. The summed E-state index contributed by atoms with van der Waals surface area (Å²) in [6.45, 7) is 4.54. The Kier molecular flexibility index (Phi) is 5.16. The van der Waals surface area contributed by atoms with Gasteiger partial charge in [0, 0.05) is 12.6 Å². The molecule has 2 aromatic rings. The topological polar surface area (TPSA) is 74.7 Å². The van der Waals surface area contributed by atoms with Gasteiger partial charge in [-0.05, 0) is 62.4 Å². The summed E-state index contributed by atoms with van der Waals surface area (Å²) < 4.78 is 27.7. The summed E-state index contributed by atoms with van der Waals surface area (Å²) >= 11 is 0. The molecule has 0 aromatic heterocycles. The minimum absolute atomic E-state index is 0.0173. The Bertz CT molecular complexity index is 937. The van der Waals surface area contributed by atoms with E-state index >= 15 is 0 Å². The van der Waals surface area contributed by atoms with Gasteiger partial charge in [-0.2, -0.15) is 4.31 Å². The van der Waals surface area contributed by atoms with Crippen LogP contribution in [0.25, 0.3) is 0 Å². The van der Waals surface area contributed by atoms with E-state index in [-0.39, 0.29) is 16.5 Å². The van der Waals surface area contributed by atoms with Crippen molar-refractivity contribution in [2.45, 2.75) is 44.0 Å². The number of hydrogen-bond donors (Lipinski definition) is 1. The zero-order valence-corrected chi connectivity index (χ0v) is 15.8. The molecule has 3 rings (SSSR count). The number of aromatic carboxylic acids is 1. The molecule has 0 spiro atoms. The third kappa shape index (κ3) is 3.66. The van der Waals surface area contributed by atoms with Crippen molar-refractivity contribution >= 4 is 16.0 Å². The predicted octanol–water partition coefficient (Wildman–Crippen LogP) is 3.40. The maximum absolute atomic E-state index is 13.1. The third-order valence-electron chi connectivity index (χ3n) is 4.97. The van der Waals surface area contributed by atoms with Gasteiger partial charge in [-0.15, -0.1) is 0 Å². The standard InChI is InChI=1S/C20H23NO4S/c1-14-8-9-15(2)17(11-14)12-18-6-4-10-21(18)26(24,25)19-7-3-5-16(13-19)20(22)23/h3,5,7-9,11,13,18H,4,6,10,12H2,1-2H3,(H,22,23). The second-order valence-electron chi connectivity index (χ2n) is 6.88. The zero-order chi connectivity index (χ0) is 18.9. The molecule has 0 amide bonds. The molecule has 0 radical (unpaired) electrons. The van der Waals surface area contributed by atoms with Crippen LogP contribution in [0.15, 0.2) is 47.4 Å². The van der Waals surface area contributed by atoms with Crippen LogP contribution < -0.4 is 0 Å². The second kappa shape index (κ2) is 7.21. The molecule has 1 unspecified atom stereocenters. The van der Waals surface area contributed by atoms with Crippen LogP contribution in [0, 0.1) is 13.8 Å². The Morgan fingerprint density at radius 1 is 1.19 bits per heavy atom. The fourth-order valence-corrected chi connectivity index (χ4v) is 5.27. The Hall–Kier alpha value is -2.18. The summed E-state index contributed by atoms with van der Waals surface area (Å²) in [7, 11) is -3.72. The lowest BCUT2D eigenvalue weighted by atomic mass is 9.98. The van der Waals surface area contributed by atoms with Crippen LogP contribution in [-0.2, 0) is 16.4 Å². The van der Waals surface area contributed by atoms with Gasteiger partial charge >= 0.3 is 5.97 Å². The molecular formula is C20H23NO4S. The highest BCUT2D eigenvalue weighted by atomic mass is 32.2. The summed E-state index contributed by atoms with van der Waals surface area (Å²) in [5.74, 6) is -1.13. The first-order chi connectivity index (χ1) is 12.3. The molecule has 1 fully saturated rings. The van der Waals surface area contributed by atoms with E-state index in [0.717, 1.165) is 29.5 Å². The van der Waals surface area contributed by atoms with Gasteiger partial charge in [0.15, 0.2) is 0 Å². The normalized spacial score (nSPS) is 18.2. The highest BCUT2D eigenvalue weighted by Crippen LogP contribution is 2.29. The van der Waals surface area contributed by atoms with E-state index in [1.165, 1.54) is 28.6 Å². The molecule has 5 nitrogen and oxygen atoms in total. The van der Waals surface area contributed by atoms with Crippen molar-refractivity contribution in [3.8, 4) is 0 Å². The molecular weight excluding hydrogens is 350 g/mol. The number of carboxylic acids is 1. The molecule has 1 heterocycles. The molecule has 1 N–H and O–H groups in total. The SMILES string of the molecule is Cc1ccc(C)c(CC2CCCN2S(=O)(=O)c2cccc(C(=O)O)c2)c1. The molecule has 1 atom stereocenters. The summed E-state index contributed by atoms with van der Waals surface area (Å²) in [4.78, 5) is 11.2. The monoisotopic (exact) mass is 373 g/mol. The van der Waals surface area contributed by atoms with Gasteiger partial charge in [0.05, 0.1) is 10.5 Å². The van der Waals surface area contributed by atoms with Crippen LogP contribution in [0.5, 0.6) is 0 Å². The van der Waals surface area contributed by atoms with Crippen molar-refractivity contribution < 1.29 is 18.3 Å². The molecule has 0 saturated carbocycles. The lowest BCUT2D eigenvalue weighted by Gasteiger charge is -2.25. The van der Waals surface area contributed by atoms with E-state index in [9.17, 15) is 13.2 Å². The first kappa shape index (κ1) is 18.6. The second-order valence-corrected chi connectivity index (χ2v) is 8.77. The summed E-state index contributed by atoms with van der Waals surface area (Å²) in [6, 6.07) is 11.7. The molecule has 0 bridgehead atoms. The molecule has 1 aliphatic rings. The maximum atomic E-state index is 13.1. The highest BCUT2D eigenvalue weighted by Gasteiger charge is 2.35. The van der Waals surface area contributed by atoms with Crippen molar-refractivity contribution in [2.24, 2.45) is 0 Å². The van der Waals surface area contributed by atoms with Crippen molar-refractivity contribution in [1.82, 2.24) is 4.31 Å². The Morgan fingerprint density at radius 2 is 1.96 bits per heavy atom. The molecule has 0 aliphatic carbocycles. The highest BCUT2D eigenvalue weighted by molar-refractivity contribution is 7.89. The van der Waals surface area contributed by atoms with E-state index in [0.29, 0.717) is 13.0 Å². The fraction of sp³-hybridized carbons (Fsp3) is 0.350. The van der Waals surface area contributed by atoms with E-state index in [1.807, 2.05) is 13.8 Å². The number of carboxylic acid groups (broad SMARTS) is 1. The Balaban J connectivity index is 1.90. The summed E-state index contributed by atoms with van der Waals surface area (Å²) in [5, 5.41) is 9.14. The molecule has 1 saturated heterocycles. The van der Waals surface area contributed by atoms with Crippen LogP contribution >= 0.6 is 0 Å². The van der Waals surface area contributed by atoms with Gasteiger partial charge in [-0.1, -0.05) is 29.8 Å². The van der Waals surface area contributed by atoms with E-state index in [4.69, 9.17) is 5.11 Å². The van der Waals surface area contributed by atoms with Crippen molar-refractivity contribution in [3.05, 3.63) is 64.7 Å². The number of nitrogens with zero attached hydrogens (tertiary/aromatic N) is 1. The first-order valence-corrected chi connectivity index (χ1v) is 10.1. The van der Waals surface area contributed by atoms with Gasteiger partial charge < -0.3 is 5.11 Å². The average molecular weight is 373 g/mol. The smallest absolute Gasteiger partial charge is 0.335 e. The summed E-state index contributed by atoms with van der Waals surface area (Å²) in [6.07, 6.45) is 2.30. The van der Waals surface area contributed by atoms with Gasteiger partial charge in [-0.3, -0.25) is 0 Å². The molecule has 2 aromatic carbocycles. The van der Waals surface area contributed by atoms with Crippen molar-refractivity contribution in [1.29, 1.82) is 0 Å². The molecule has 1 aliphatic heterocycles. The third-order valence-corrected chi connectivity index (χ3v) is 6.92. The van der Waals surface area contributed by atoms with Gasteiger partial charge in [0.25, 0.3) is 0 Å². The van der Waals surface area contributed by atoms with E-state index < -0.39 is 16.0 Å². The van der Waals surface area contributed by atoms with E-state index in [2.05, 4.69) is 18.2 Å². The minimum Gasteiger partial charge on any atom is -0.478 e. The average Bonchev–Trinajstić information content (AvgIpc) is 3.07. The predicted molar refractivity (Wildman–Crippen MR) is 99.9 cm³/mol. The van der Waals surface area contributed by atoms with Crippen LogP contribution in [-0.4, -0.2) is 36.4 Å². The van der Waals surface area contributed by atoms with Crippen LogP contribution in [0.3, 0.4) is 0 Å². The van der Waals surface area contributed by atoms with E-state index in [1.54, 1.807) is 0 Å². The molecule has 26 heavy (non-hydrogen) atoms. The lowest BCUT2D eigenvalue weighted by Crippen LogP contribution is -2.37. The Morgan fingerprint density at radius 3 is 2.69 bits per heavy atom. The van der Waals surface area contributed by atoms with Crippen LogP contribution in [0.2, 0.25) is 0 Å². The number of sulfonamides is 1. The Labute approximate surface area is 154 Å². The van der Waals surface area contributed by atoms with Crippen LogP contribution in [0.4, 0.5) is 0 Å². The number of benzene rings is 2. The number of carbonyl (C=O) groups is 1. The lowest BCUT2D eigenvalue weighted by molar-refractivity contribution is 0.0696. The van der Waals surface area contributed by atoms with Gasteiger partial charge in [0.1, 0.15) is 0 Å².